The molecule has 5 heteroatoms. The van der Waals surface area contributed by atoms with Gasteiger partial charge in [-0.05, 0) is 68.6 Å². The van der Waals surface area contributed by atoms with Crippen molar-refractivity contribution in [2.45, 2.75) is 50.0 Å². The molecule has 1 amide bonds. The Bertz CT molecular complexity index is 752. The molecule has 2 saturated carbocycles. The van der Waals surface area contributed by atoms with Gasteiger partial charge in [-0.1, -0.05) is 18.6 Å². The number of rotatable bonds is 2. The molecule has 2 aliphatic heterocycles. The third-order valence-electron chi connectivity index (χ3n) is 7.98. The Morgan fingerprint density at radius 2 is 1.66 bits per heavy atom. The Morgan fingerprint density at radius 3 is 2.31 bits per heavy atom. The summed E-state index contributed by atoms with van der Waals surface area (Å²) < 4.78 is 0.469. The predicted octanol–water partition coefficient (Wildman–Crippen LogP) is 4.95. The summed E-state index contributed by atoms with van der Waals surface area (Å²) in [5.74, 6) is 4.90. The van der Waals surface area contributed by atoms with Gasteiger partial charge in [-0.15, -0.1) is 23.5 Å². The molecule has 1 aromatic rings. The molecule has 3 nitrogen and oxygen atoms in total. The van der Waals surface area contributed by atoms with E-state index in [9.17, 15) is 4.79 Å². The third-order valence-corrected chi connectivity index (χ3v) is 12.0. The fraction of sp³-hybridized carbons (Fsp3) is 0.708. The summed E-state index contributed by atoms with van der Waals surface area (Å²) in [6, 6.07) is 6.58. The standard InChI is InChI=1S/C24H34N2OS2/c1-17-5-3-8-22(18(17)2)25-9-11-26(12-10-25)23(27)19-15-20-6-4-7-21(16-19)24(20)28-13-14-29-24/h3,5,8,19-21H,4,6-7,9-16H2,1-2H3. The number of nitrogens with zero attached hydrogens (tertiary/aromatic N) is 2. The van der Waals surface area contributed by atoms with Crippen LogP contribution >= 0.6 is 23.5 Å². The molecule has 2 aliphatic carbocycles. The van der Waals surface area contributed by atoms with Crippen molar-refractivity contribution in [2.75, 3.05) is 42.6 Å². The second kappa shape index (κ2) is 8.03. The lowest BCUT2D eigenvalue weighted by Crippen LogP contribution is -2.54. The van der Waals surface area contributed by atoms with Crippen molar-refractivity contribution in [2.24, 2.45) is 17.8 Å². The van der Waals surface area contributed by atoms with E-state index in [4.69, 9.17) is 0 Å². The number of anilines is 1. The van der Waals surface area contributed by atoms with Crippen molar-refractivity contribution in [1.29, 1.82) is 0 Å². The molecule has 2 atom stereocenters. The van der Waals surface area contributed by atoms with Crippen LogP contribution in [-0.4, -0.2) is 52.6 Å². The largest absolute Gasteiger partial charge is 0.368 e. The SMILES string of the molecule is Cc1cccc(N2CCN(C(=O)C3CC4CCCC(C3)C43SCCS3)CC2)c1C. The van der Waals surface area contributed by atoms with Gasteiger partial charge in [-0.3, -0.25) is 4.79 Å². The normalized spacial score (nSPS) is 31.3. The fourth-order valence-electron chi connectivity index (χ4n) is 6.31. The first-order valence-electron chi connectivity index (χ1n) is 11.5. The summed E-state index contributed by atoms with van der Waals surface area (Å²) in [7, 11) is 0. The zero-order valence-electron chi connectivity index (χ0n) is 17.9. The van der Waals surface area contributed by atoms with Crippen molar-refractivity contribution in [3.05, 3.63) is 29.3 Å². The summed E-state index contributed by atoms with van der Waals surface area (Å²) in [5.41, 5.74) is 4.08. The molecular weight excluding hydrogens is 396 g/mol. The van der Waals surface area contributed by atoms with Crippen molar-refractivity contribution in [1.82, 2.24) is 4.90 Å². The first kappa shape index (κ1) is 20.1. The molecule has 4 aliphatic rings. The van der Waals surface area contributed by atoms with Gasteiger partial charge >= 0.3 is 0 Å². The lowest BCUT2D eigenvalue weighted by Gasteiger charge is -2.52. The first-order chi connectivity index (χ1) is 14.1. The number of amides is 1. The molecule has 4 fully saturated rings. The van der Waals surface area contributed by atoms with Crippen molar-refractivity contribution >= 4 is 35.1 Å². The molecule has 2 saturated heterocycles. The zero-order valence-corrected chi connectivity index (χ0v) is 19.5. The lowest BCUT2D eigenvalue weighted by molar-refractivity contribution is -0.138. The van der Waals surface area contributed by atoms with Crippen LogP contribution in [0.4, 0.5) is 5.69 Å². The highest BCUT2D eigenvalue weighted by Crippen LogP contribution is 2.64. The maximum Gasteiger partial charge on any atom is 0.225 e. The number of carbonyl (C=O) groups is 1. The van der Waals surface area contributed by atoms with Crippen LogP contribution in [0.15, 0.2) is 18.2 Å². The summed E-state index contributed by atoms with van der Waals surface area (Å²) in [6.45, 7) is 8.10. The summed E-state index contributed by atoms with van der Waals surface area (Å²) in [5, 5.41) is 0. The van der Waals surface area contributed by atoms with E-state index in [1.54, 1.807) is 0 Å². The van der Waals surface area contributed by atoms with Crippen LogP contribution in [0.25, 0.3) is 0 Å². The van der Waals surface area contributed by atoms with Crippen LogP contribution in [0, 0.1) is 31.6 Å². The Hall–Kier alpha value is -0.810. The average molecular weight is 431 g/mol. The van der Waals surface area contributed by atoms with Gasteiger partial charge in [0.15, 0.2) is 0 Å². The van der Waals surface area contributed by atoms with Crippen LogP contribution in [0.3, 0.4) is 0 Å². The van der Waals surface area contributed by atoms with Crippen LogP contribution < -0.4 is 4.90 Å². The zero-order chi connectivity index (χ0) is 20.0. The molecule has 2 unspecified atom stereocenters. The van der Waals surface area contributed by atoms with Gasteiger partial charge in [0, 0.05) is 49.3 Å². The highest BCUT2D eigenvalue weighted by molar-refractivity contribution is 8.21. The van der Waals surface area contributed by atoms with E-state index < -0.39 is 0 Å². The molecule has 0 radical (unpaired) electrons. The van der Waals surface area contributed by atoms with Gasteiger partial charge < -0.3 is 9.80 Å². The molecule has 5 rings (SSSR count). The quantitative estimate of drug-likeness (QED) is 0.662. The number of hydrogen-bond donors (Lipinski definition) is 0. The van der Waals surface area contributed by atoms with Gasteiger partial charge in [0.1, 0.15) is 0 Å². The van der Waals surface area contributed by atoms with E-state index in [-0.39, 0.29) is 5.92 Å². The number of benzene rings is 1. The van der Waals surface area contributed by atoms with Gasteiger partial charge in [-0.25, -0.2) is 0 Å². The van der Waals surface area contributed by atoms with E-state index in [1.807, 2.05) is 0 Å². The third kappa shape index (κ3) is 3.50. The predicted molar refractivity (Wildman–Crippen MR) is 126 cm³/mol. The summed E-state index contributed by atoms with van der Waals surface area (Å²) >= 11 is 4.48. The van der Waals surface area contributed by atoms with Crippen LogP contribution in [0.5, 0.6) is 0 Å². The monoisotopic (exact) mass is 430 g/mol. The number of piperazine rings is 1. The molecular formula is C24H34N2OS2. The van der Waals surface area contributed by atoms with E-state index >= 15 is 0 Å². The van der Waals surface area contributed by atoms with Crippen LogP contribution in [0.2, 0.25) is 0 Å². The van der Waals surface area contributed by atoms with Crippen LogP contribution in [0.1, 0.15) is 43.2 Å². The van der Waals surface area contributed by atoms with Gasteiger partial charge in [-0.2, -0.15) is 0 Å². The van der Waals surface area contributed by atoms with Crippen molar-refractivity contribution in [3.8, 4) is 0 Å². The minimum Gasteiger partial charge on any atom is -0.368 e. The van der Waals surface area contributed by atoms with E-state index in [0.29, 0.717) is 9.99 Å². The van der Waals surface area contributed by atoms with E-state index in [2.05, 4.69) is 65.4 Å². The highest BCUT2D eigenvalue weighted by atomic mass is 32.2. The van der Waals surface area contributed by atoms with Crippen molar-refractivity contribution < 1.29 is 4.79 Å². The molecule has 2 heterocycles. The summed E-state index contributed by atoms with van der Waals surface area (Å²) in [4.78, 5) is 18.1. The molecule has 158 valence electrons. The van der Waals surface area contributed by atoms with Crippen molar-refractivity contribution in [3.63, 3.8) is 0 Å². The molecule has 0 aromatic heterocycles. The Morgan fingerprint density at radius 1 is 1.00 bits per heavy atom. The van der Waals surface area contributed by atoms with Crippen LogP contribution in [-0.2, 0) is 4.79 Å². The minimum atomic E-state index is 0.282. The number of aryl methyl sites for hydroxylation is 1. The molecule has 2 bridgehead atoms. The number of thioether (sulfide) groups is 2. The number of hydrogen-bond acceptors (Lipinski definition) is 4. The Labute approximate surface area is 184 Å². The summed E-state index contributed by atoms with van der Waals surface area (Å²) in [6.07, 6.45) is 6.37. The molecule has 29 heavy (non-hydrogen) atoms. The van der Waals surface area contributed by atoms with E-state index in [1.165, 1.54) is 47.6 Å². The topological polar surface area (TPSA) is 23.6 Å². The van der Waals surface area contributed by atoms with Gasteiger partial charge in [0.05, 0.1) is 4.08 Å². The Kier molecular flexibility index (Phi) is 5.57. The second-order valence-corrected chi connectivity index (χ2v) is 12.4. The first-order valence-corrected chi connectivity index (χ1v) is 13.4. The molecule has 1 spiro atoms. The van der Waals surface area contributed by atoms with E-state index in [0.717, 1.165) is 50.9 Å². The van der Waals surface area contributed by atoms with Gasteiger partial charge in [0.2, 0.25) is 5.91 Å². The smallest absolute Gasteiger partial charge is 0.225 e. The average Bonchev–Trinajstić information content (AvgIpc) is 3.19. The highest BCUT2D eigenvalue weighted by Gasteiger charge is 2.55. The fourth-order valence-corrected chi connectivity index (χ4v) is 10.3. The molecule has 1 aromatic carbocycles. The minimum absolute atomic E-state index is 0.282. The Balaban J connectivity index is 1.23. The number of carbonyl (C=O) groups excluding carboxylic acids is 1. The lowest BCUT2D eigenvalue weighted by atomic mass is 9.66. The van der Waals surface area contributed by atoms with Gasteiger partial charge in [0.25, 0.3) is 0 Å². The molecule has 0 N–H and O–H groups in total. The maximum absolute atomic E-state index is 13.4. The maximum atomic E-state index is 13.4. The second-order valence-electron chi connectivity index (χ2n) is 9.44.